The molecule has 0 radical (unpaired) electrons. The molecule has 1 amide bonds. The summed E-state index contributed by atoms with van der Waals surface area (Å²) in [4.78, 5) is 24.7. The van der Waals surface area contributed by atoms with Crippen LogP contribution in [-0.4, -0.2) is 47.2 Å². The van der Waals surface area contributed by atoms with Crippen molar-refractivity contribution >= 4 is 12.4 Å². The monoisotopic (exact) mass is 299 g/mol. The molecule has 1 aliphatic rings. The third kappa shape index (κ3) is 6.46. The number of hydrogen-bond acceptors (Lipinski definition) is 4. The fraction of sp³-hybridized carbons (Fsp3) is 0.875. The number of carbonyl (C=O) groups is 2. The zero-order valence-corrected chi connectivity index (χ0v) is 13.5. The molecule has 1 N–H and O–H groups in total. The topological polar surface area (TPSA) is 66.8 Å². The molecule has 0 bridgehead atoms. The van der Waals surface area contributed by atoms with Crippen molar-refractivity contribution in [1.82, 2.24) is 4.90 Å². The van der Waals surface area contributed by atoms with Crippen LogP contribution in [0.4, 0.5) is 4.79 Å². The molecule has 0 heterocycles. The minimum absolute atomic E-state index is 0.148. The zero-order chi connectivity index (χ0) is 15.9. The van der Waals surface area contributed by atoms with Crippen LogP contribution in [0.5, 0.6) is 0 Å². The van der Waals surface area contributed by atoms with Gasteiger partial charge in [-0.3, -0.25) is 0 Å². The van der Waals surface area contributed by atoms with E-state index in [0.29, 0.717) is 18.9 Å². The van der Waals surface area contributed by atoms with Crippen molar-refractivity contribution in [2.24, 2.45) is 5.92 Å². The smallest absolute Gasteiger partial charge is 0.410 e. The number of nitrogens with zero attached hydrogens (tertiary/aromatic N) is 1. The molecule has 5 nitrogen and oxygen atoms in total. The van der Waals surface area contributed by atoms with E-state index in [0.717, 1.165) is 38.4 Å². The highest BCUT2D eigenvalue weighted by molar-refractivity contribution is 5.69. The number of aldehydes is 1. The van der Waals surface area contributed by atoms with Crippen LogP contribution in [-0.2, 0) is 9.53 Å². The van der Waals surface area contributed by atoms with Gasteiger partial charge in [-0.2, -0.15) is 0 Å². The van der Waals surface area contributed by atoms with E-state index in [-0.39, 0.29) is 18.7 Å². The average molecular weight is 299 g/mol. The molecule has 0 aromatic heterocycles. The lowest BCUT2D eigenvalue weighted by Crippen LogP contribution is -2.45. The van der Waals surface area contributed by atoms with Crippen molar-refractivity contribution in [3.8, 4) is 0 Å². The Balaban J connectivity index is 2.61. The Bertz CT molecular complexity index is 330. The summed E-state index contributed by atoms with van der Waals surface area (Å²) in [6.45, 7) is 6.20. The first kappa shape index (κ1) is 18.0. The number of amides is 1. The summed E-state index contributed by atoms with van der Waals surface area (Å²) in [7, 11) is 0. The van der Waals surface area contributed by atoms with Gasteiger partial charge in [0.2, 0.25) is 0 Å². The minimum Gasteiger partial charge on any atom is -0.444 e. The van der Waals surface area contributed by atoms with Crippen LogP contribution in [0.2, 0.25) is 0 Å². The van der Waals surface area contributed by atoms with Gasteiger partial charge in [0.15, 0.2) is 0 Å². The zero-order valence-electron chi connectivity index (χ0n) is 13.5. The highest BCUT2D eigenvalue weighted by Gasteiger charge is 2.31. The van der Waals surface area contributed by atoms with E-state index < -0.39 is 5.60 Å². The predicted octanol–water partition coefficient (Wildman–Crippen LogP) is 2.75. The predicted molar refractivity (Wildman–Crippen MR) is 81.1 cm³/mol. The maximum Gasteiger partial charge on any atom is 0.410 e. The molecule has 0 saturated heterocycles. The lowest BCUT2D eigenvalue weighted by Gasteiger charge is -2.37. The maximum absolute atomic E-state index is 12.3. The lowest BCUT2D eigenvalue weighted by atomic mass is 9.83. The number of aliphatic hydroxyl groups is 1. The van der Waals surface area contributed by atoms with E-state index in [4.69, 9.17) is 9.84 Å². The van der Waals surface area contributed by atoms with E-state index in [1.54, 1.807) is 4.90 Å². The molecule has 1 saturated carbocycles. The van der Waals surface area contributed by atoms with Crippen molar-refractivity contribution in [2.75, 3.05) is 13.2 Å². The standard InChI is InChI=1S/C16H29NO4/c1-16(2,3)21-15(20)17(10-4-11-18)14-7-5-13(6-8-14)9-12-19/h11,13-14,19H,4-10,12H2,1-3H3/t13-,14-. The summed E-state index contributed by atoms with van der Waals surface area (Å²) < 4.78 is 5.46. The third-order valence-corrected chi connectivity index (χ3v) is 3.91. The van der Waals surface area contributed by atoms with E-state index in [1.807, 2.05) is 20.8 Å². The Labute approximate surface area is 127 Å². The van der Waals surface area contributed by atoms with Crippen molar-refractivity contribution in [1.29, 1.82) is 0 Å². The highest BCUT2D eigenvalue weighted by Crippen LogP contribution is 2.30. The van der Waals surface area contributed by atoms with Crippen LogP contribution in [0, 0.1) is 5.92 Å². The highest BCUT2D eigenvalue weighted by atomic mass is 16.6. The summed E-state index contributed by atoms with van der Waals surface area (Å²) in [5.41, 5.74) is -0.523. The molecule has 21 heavy (non-hydrogen) atoms. The molecule has 1 rings (SSSR count). The number of aliphatic hydroxyl groups excluding tert-OH is 1. The van der Waals surface area contributed by atoms with Crippen LogP contribution >= 0.6 is 0 Å². The molecule has 122 valence electrons. The molecule has 1 aliphatic carbocycles. The average Bonchev–Trinajstić information content (AvgIpc) is 2.39. The van der Waals surface area contributed by atoms with Crippen molar-refractivity contribution in [3.63, 3.8) is 0 Å². The van der Waals surface area contributed by atoms with Crippen LogP contribution in [0.3, 0.4) is 0 Å². The van der Waals surface area contributed by atoms with E-state index in [1.165, 1.54) is 0 Å². The van der Waals surface area contributed by atoms with E-state index in [2.05, 4.69) is 0 Å². The Kier molecular flexibility index (Phi) is 7.15. The Morgan fingerprint density at radius 2 is 1.90 bits per heavy atom. The van der Waals surface area contributed by atoms with Gasteiger partial charge < -0.3 is 19.5 Å². The van der Waals surface area contributed by atoms with Crippen LogP contribution in [0.1, 0.15) is 59.3 Å². The normalized spacial score (nSPS) is 22.7. The van der Waals surface area contributed by atoms with Crippen LogP contribution in [0.15, 0.2) is 0 Å². The molecular formula is C16H29NO4. The Morgan fingerprint density at radius 1 is 1.29 bits per heavy atom. The first-order valence-corrected chi connectivity index (χ1v) is 7.91. The summed E-state index contributed by atoms with van der Waals surface area (Å²) in [6, 6.07) is 0.148. The summed E-state index contributed by atoms with van der Waals surface area (Å²) >= 11 is 0. The molecule has 0 aromatic carbocycles. The number of hydrogen-bond donors (Lipinski definition) is 1. The molecule has 0 aliphatic heterocycles. The van der Waals surface area contributed by atoms with Crippen LogP contribution in [0.25, 0.3) is 0 Å². The first-order valence-electron chi connectivity index (χ1n) is 7.91. The van der Waals surface area contributed by atoms with Crippen molar-refractivity contribution in [3.05, 3.63) is 0 Å². The molecule has 5 heteroatoms. The van der Waals surface area contributed by atoms with Gasteiger partial charge >= 0.3 is 6.09 Å². The van der Waals surface area contributed by atoms with Gasteiger partial charge in [-0.15, -0.1) is 0 Å². The van der Waals surface area contributed by atoms with Crippen LogP contribution < -0.4 is 0 Å². The fourth-order valence-corrected chi connectivity index (χ4v) is 2.86. The van der Waals surface area contributed by atoms with E-state index >= 15 is 0 Å². The van der Waals surface area contributed by atoms with Gasteiger partial charge in [-0.05, 0) is 58.8 Å². The second-order valence-corrected chi connectivity index (χ2v) is 6.82. The van der Waals surface area contributed by atoms with E-state index in [9.17, 15) is 9.59 Å². The summed E-state index contributed by atoms with van der Waals surface area (Å²) in [5, 5.41) is 9.00. The number of ether oxygens (including phenoxy) is 1. The van der Waals surface area contributed by atoms with Gasteiger partial charge in [-0.1, -0.05) is 0 Å². The van der Waals surface area contributed by atoms with Gasteiger partial charge in [-0.25, -0.2) is 4.79 Å². The summed E-state index contributed by atoms with van der Waals surface area (Å²) in [5.74, 6) is 0.554. The lowest BCUT2D eigenvalue weighted by molar-refractivity contribution is -0.108. The third-order valence-electron chi connectivity index (χ3n) is 3.91. The molecule has 1 fully saturated rings. The maximum atomic E-state index is 12.3. The van der Waals surface area contributed by atoms with Crippen molar-refractivity contribution < 1.29 is 19.4 Å². The van der Waals surface area contributed by atoms with Gasteiger partial charge in [0.1, 0.15) is 11.9 Å². The molecular weight excluding hydrogens is 270 g/mol. The molecule has 0 unspecified atom stereocenters. The van der Waals surface area contributed by atoms with Gasteiger partial charge in [0.05, 0.1) is 0 Å². The van der Waals surface area contributed by atoms with Crippen molar-refractivity contribution in [2.45, 2.75) is 70.9 Å². The van der Waals surface area contributed by atoms with Gasteiger partial charge in [0.25, 0.3) is 0 Å². The number of carbonyl (C=O) groups excluding carboxylic acids is 2. The fourth-order valence-electron chi connectivity index (χ4n) is 2.86. The molecule has 0 aromatic rings. The SMILES string of the molecule is CC(C)(C)OC(=O)N(CCC=O)[C@H]1CC[C@H](CCO)CC1. The van der Waals surface area contributed by atoms with Gasteiger partial charge in [0, 0.05) is 25.6 Å². The number of rotatable bonds is 6. The summed E-state index contributed by atoms with van der Waals surface area (Å²) in [6.07, 6.45) is 5.58. The molecule has 0 spiro atoms. The molecule has 0 atom stereocenters. The second-order valence-electron chi connectivity index (χ2n) is 6.82. The first-order chi connectivity index (χ1) is 9.87. The Hall–Kier alpha value is -1.10. The Morgan fingerprint density at radius 3 is 2.38 bits per heavy atom. The quantitative estimate of drug-likeness (QED) is 0.766. The minimum atomic E-state index is -0.523. The second kappa shape index (κ2) is 8.37. The largest absolute Gasteiger partial charge is 0.444 e.